The van der Waals surface area contributed by atoms with Crippen molar-refractivity contribution < 1.29 is 18.0 Å². The molecular weight excluding hydrogens is 370 g/mol. The van der Waals surface area contributed by atoms with Gasteiger partial charge in [0.15, 0.2) is 0 Å². The molecule has 0 N–H and O–H groups in total. The van der Waals surface area contributed by atoms with Crippen molar-refractivity contribution in [1.82, 2.24) is 4.90 Å². The highest BCUT2D eigenvalue weighted by molar-refractivity contribution is 14.1. The van der Waals surface area contributed by atoms with Crippen LogP contribution >= 0.6 is 22.6 Å². The summed E-state index contributed by atoms with van der Waals surface area (Å²) in [7, 11) is 0. The third-order valence-electron chi connectivity index (χ3n) is 2.96. The molecule has 6 heteroatoms. The fourth-order valence-corrected chi connectivity index (χ4v) is 2.53. The number of rotatable bonds is 1. The van der Waals surface area contributed by atoms with Crippen LogP contribution in [0.4, 0.5) is 13.2 Å². The Kier molecular flexibility index (Phi) is 4.17. The Bertz CT molecular complexity index is 525. The highest BCUT2D eigenvalue weighted by Gasteiger charge is 2.35. The molecule has 0 fully saturated rings. The van der Waals surface area contributed by atoms with Gasteiger partial charge in [-0.15, -0.1) is 0 Å². The average molecular weight is 381 g/mol. The summed E-state index contributed by atoms with van der Waals surface area (Å²) in [5.74, 6) is -0.220. The number of benzene rings is 1. The van der Waals surface area contributed by atoms with Crippen LogP contribution in [-0.2, 0) is 0 Å². The zero-order valence-electron chi connectivity index (χ0n) is 9.88. The monoisotopic (exact) mass is 381 g/mol. The topological polar surface area (TPSA) is 20.3 Å². The van der Waals surface area contributed by atoms with Gasteiger partial charge in [0.2, 0.25) is 0 Å². The number of carbonyl (C=O) groups is 1. The second-order valence-electron chi connectivity index (χ2n) is 4.21. The van der Waals surface area contributed by atoms with E-state index >= 15 is 0 Å². The highest BCUT2D eigenvalue weighted by Crippen LogP contribution is 2.30. The van der Waals surface area contributed by atoms with Crippen LogP contribution in [0, 0.1) is 3.57 Å². The summed E-state index contributed by atoms with van der Waals surface area (Å²) in [6.45, 7) is 0.119. The third kappa shape index (κ3) is 3.29. The zero-order chi connectivity index (χ0) is 14.0. The second kappa shape index (κ2) is 5.52. The molecule has 0 unspecified atom stereocenters. The van der Waals surface area contributed by atoms with Crippen LogP contribution in [0.2, 0.25) is 0 Å². The van der Waals surface area contributed by atoms with Crippen LogP contribution in [0.3, 0.4) is 0 Å². The Morgan fingerprint density at radius 1 is 1.26 bits per heavy atom. The van der Waals surface area contributed by atoms with Gasteiger partial charge in [0.1, 0.15) is 0 Å². The van der Waals surface area contributed by atoms with Crippen molar-refractivity contribution in [2.45, 2.75) is 12.6 Å². The van der Waals surface area contributed by atoms with E-state index in [4.69, 9.17) is 0 Å². The van der Waals surface area contributed by atoms with Crippen LogP contribution in [0.1, 0.15) is 16.8 Å². The van der Waals surface area contributed by atoms with E-state index in [0.717, 1.165) is 9.65 Å². The number of hydrogen-bond acceptors (Lipinski definition) is 1. The Balaban J connectivity index is 2.13. The molecule has 2 rings (SSSR count). The molecule has 1 aliphatic rings. The maximum atomic E-state index is 12.5. The summed E-state index contributed by atoms with van der Waals surface area (Å²) in [5, 5.41) is 0. The van der Waals surface area contributed by atoms with Gasteiger partial charge in [-0.25, -0.2) is 0 Å². The average Bonchev–Trinajstić information content (AvgIpc) is 2.38. The van der Waals surface area contributed by atoms with E-state index in [1.54, 1.807) is 18.2 Å². The highest BCUT2D eigenvalue weighted by atomic mass is 127. The predicted octanol–water partition coefficient (Wildman–Crippen LogP) is 3.63. The SMILES string of the molecule is O=C(c1ccccc1I)N1CC=C(C(F)(F)F)CC1. The minimum absolute atomic E-state index is 0.0126. The minimum Gasteiger partial charge on any atom is -0.335 e. The maximum Gasteiger partial charge on any atom is 0.412 e. The summed E-state index contributed by atoms with van der Waals surface area (Å²) >= 11 is 2.05. The number of alkyl halides is 3. The van der Waals surface area contributed by atoms with Crippen molar-refractivity contribution in [3.05, 3.63) is 45.0 Å². The molecule has 1 aromatic carbocycles. The molecule has 0 aliphatic carbocycles. The molecule has 0 bridgehead atoms. The van der Waals surface area contributed by atoms with Crippen molar-refractivity contribution in [3.63, 3.8) is 0 Å². The predicted molar refractivity (Wildman–Crippen MR) is 73.8 cm³/mol. The number of carbonyl (C=O) groups excluding carboxylic acids is 1. The minimum atomic E-state index is -4.28. The van der Waals surface area contributed by atoms with Crippen LogP contribution in [0.25, 0.3) is 0 Å². The molecule has 1 aliphatic heterocycles. The Morgan fingerprint density at radius 3 is 2.47 bits per heavy atom. The van der Waals surface area contributed by atoms with Gasteiger partial charge in [0.05, 0.1) is 5.56 Å². The Morgan fingerprint density at radius 2 is 1.95 bits per heavy atom. The van der Waals surface area contributed by atoms with Gasteiger partial charge in [-0.05, 0) is 41.1 Å². The van der Waals surface area contributed by atoms with Crippen LogP contribution in [0.15, 0.2) is 35.9 Å². The normalized spacial score (nSPS) is 16.2. The van der Waals surface area contributed by atoms with Gasteiger partial charge in [0, 0.05) is 22.2 Å². The number of nitrogens with zero attached hydrogens (tertiary/aromatic N) is 1. The first-order valence-corrected chi connectivity index (χ1v) is 6.77. The first kappa shape index (κ1) is 14.4. The van der Waals surface area contributed by atoms with E-state index in [1.165, 1.54) is 4.90 Å². The Labute approximate surface area is 122 Å². The fraction of sp³-hybridized carbons (Fsp3) is 0.308. The smallest absolute Gasteiger partial charge is 0.335 e. The van der Waals surface area contributed by atoms with Crippen molar-refractivity contribution >= 4 is 28.5 Å². The lowest BCUT2D eigenvalue weighted by atomic mass is 10.1. The Hall–Kier alpha value is -1.05. The second-order valence-corrected chi connectivity index (χ2v) is 5.37. The van der Waals surface area contributed by atoms with Crippen LogP contribution < -0.4 is 0 Å². The first-order valence-electron chi connectivity index (χ1n) is 5.69. The summed E-state index contributed by atoms with van der Waals surface area (Å²) in [4.78, 5) is 13.6. The van der Waals surface area contributed by atoms with Crippen LogP contribution in [-0.4, -0.2) is 30.1 Å². The largest absolute Gasteiger partial charge is 0.412 e. The molecule has 0 radical (unpaired) electrons. The number of hydrogen-bond donors (Lipinski definition) is 0. The van der Waals surface area contributed by atoms with Gasteiger partial charge < -0.3 is 4.90 Å². The van der Waals surface area contributed by atoms with Gasteiger partial charge >= 0.3 is 6.18 Å². The van der Waals surface area contributed by atoms with E-state index < -0.39 is 11.7 Å². The molecule has 0 aromatic heterocycles. The zero-order valence-corrected chi connectivity index (χ0v) is 12.0. The molecule has 1 aromatic rings. The van der Waals surface area contributed by atoms with Crippen LogP contribution in [0.5, 0.6) is 0 Å². The molecule has 0 atom stereocenters. The number of amides is 1. The summed E-state index contributed by atoms with van der Waals surface area (Å²) in [6.07, 6.45) is -3.33. The third-order valence-corrected chi connectivity index (χ3v) is 3.91. The fourth-order valence-electron chi connectivity index (χ4n) is 1.92. The van der Waals surface area contributed by atoms with E-state index in [-0.39, 0.29) is 25.4 Å². The van der Waals surface area contributed by atoms with Crippen molar-refractivity contribution in [2.75, 3.05) is 13.1 Å². The molecular formula is C13H11F3INO. The molecule has 0 saturated heterocycles. The molecule has 102 valence electrons. The number of halogens is 4. The van der Waals surface area contributed by atoms with Crippen molar-refractivity contribution in [3.8, 4) is 0 Å². The lowest BCUT2D eigenvalue weighted by Gasteiger charge is -2.27. The molecule has 19 heavy (non-hydrogen) atoms. The van der Waals surface area contributed by atoms with E-state index in [0.29, 0.717) is 5.56 Å². The summed E-state index contributed by atoms with van der Waals surface area (Å²) < 4.78 is 38.3. The summed E-state index contributed by atoms with van der Waals surface area (Å²) in [6, 6.07) is 7.05. The summed E-state index contributed by atoms with van der Waals surface area (Å²) in [5.41, 5.74) is -0.00809. The van der Waals surface area contributed by atoms with E-state index in [9.17, 15) is 18.0 Å². The molecule has 1 heterocycles. The molecule has 2 nitrogen and oxygen atoms in total. The lowest BCUT2D eigenvalue weighted by molar-refractivity contribution is -0.0957. The lowest BCUT2D eigenvalue weighted by Crippen LogP contribution is -2.37. The standard InChI is InChI=1S/C13H11F3INO/c14-13(15,16)9-5-7-18(8-6-9)12(19)10-3-1-2-4-11(10)17/h1-5H,6-8H2. The first-order chi connectivity index (χ1) is 8.89. The molecule has 1 amide bonds. The quantitative estimate of drug-likeness (QED) is 0.538. The van der Waals surface area contributed by atoms with Crippen molar-refractivity contribution in [2.24, 2.45) is 0 Å². The van der Waals surface area contributed by atoms with Gasteiger partial charge in [0.25, 0.3) is 5.91 Å². The van der Waals surface area contributed by atoms with Gasteiger partial charge in [-0.3, -0.25) is 4.79 Å². The maximum absolute atomic E-state index is 12.5. The van der Waals surface area contributed by atoms with Crippen molar-refractivity contribution in [1.29, 1.82) is 0 Å². The van der Waals surface area contributed by atoms with Gasteiger partial charge in [-0.1, -0.05) is 18.2 Å². The molecule has 0 spiro atoms. The van der Waals surface area contributed by atoms with E-state index in [1.807, 2.05) is 28.7 Å². The van der Waals surface area contributed by atoms with Gasteiger partial charge in [-0.2, -0.15) is 13.2 Å². The molecule has 0 saturated carbocycles. The van der Waals surface area contributed by atoms with E-state index in [2.05, 4.69) is 0 Å².